The summed E-state index contributed by atoms with van der Waals surface area (Å²) in [7, 11) is 3.47. The van der Waals surface area contributed by atoms with Gasteiger partial charge in [0.25, 0.3) is 0 Å². The van der Waals surface area contributed by atoms with Crippen molar-refractivity contribution < 1.29 is 33.6 Å². The molecule has 0 aromatic carbocycles. The molecule has 2 amide bonds. The van der Waals surface area contributed by atoms with Crippen molar-refractivity contribution in [2.24, 2.45) is 0 Å². The number of amides is 2. The predicted molar refractivity (Wildman–Crippen MR) is 88.5 cm³/mol. The van der Waals surface area contributed by atoms with Gasteiger partial charge in [-0.2, -0.15) is 0 Å². The zero-order valence-electron chi connectivity index (χ0n) is 14.9. The van der Waals surface area contributed by atoms with E-state index in [0.717, 1.165) is 11.8 Å². The molecule has 1 aromatic rings. The molecular weight excluding hydrogens is 398 g/mol. The third kappa shape index (κ3) is 4.48. The number of carbonyl (C=O) groups excluding carboxylic acids is 4. The number of aromatic nitrogens is 4. The van der Waals surface area contributed by atoms with Crippen LogP contribution in [0.1, 0.15) is 12.8 Å². The molecule has 0 aliphatic carbocycles. The summed E-state index contributed by atoms with van der Waals surface area (Å²) < 4.78 is 4.75. The number of esters is 1. The molecule has 0 bridgehead atoms. The molecule has 0 radical (unpaired) electrons. The first-order chi connectivity index (χ1) is 13.3. The fourth-order valence-corrected chi connectivity index (χ4v) is 3.04. The van der Waals surface area contributed by atoms with E-state index in [1.807, 2.05) is 0 Å². The second-order valence-corrected chi connectivity index (χ2v) is 6.87. The van der Waals surface area contributed by atoms with E-state index in [1.165, 1.54) is 4.79 Å². The fraction of sp³-hybridized carbons (Fsp3) is 0.615. The minimum atomic E-state index is -1.07. The van der Waals surface area contributed by atoms with Gasteiger partial charge in [-0.3, -0.25) is 19.4 Å². The van der Waals surface area contributed by atoms with Crippen LogP contribution in [0.15, 0.2) is 5.16 Å². The molecule has 1 aromatic heterocycles. The Bertz CT molecular complexity index is 785. The fourth-order valence-electron chi connectivity index (χ4n) is 2.29. The van der Waals surface area contributed by atoms with Gasteiger partial charge in [-0.25, -0.2) is 9.63 Å². The highest BCUT2D eigenvalue weighted by molar-refractivity contribution is 7.99. The molecule has 2 aliphatic heterocycles. The average Bonchev–Trinajstić information content (AvgIpc) is 3.36. The number of hydroxylamine groups is 2. The minimum absolute atomic E-state index is 0.0458. The van der Waals surface area contributed by atoms with Gasteiger partial charge in [0.05, 0.1) is 5.75 Å². The van der Waals surface area contributed by atoms with Crippen LogP contribution >= 0.6 is 11.8 Å². The molecule has 15 heteroatoms. The van der Waals surface area contributed by atoms with Crippen LogP contribution in [0.4, 0.5) is 0 Å². The van der Waals surface area contributed by atoms with Crippen LogP contribution in [0.25, 0.3) is 0 Å². The summed E-state index contributed by atoms with van der Waals surface area (Å²) in [6, 6.07) is -1.02. The van der Waals surface area contributed by atoms with Gasteiger partial charge in [0, 0.05) is 26.9 Å². The number of nitrogens with zero attached hydrogens (tertiary/aromatic N) is 6. The lowest BCUT2D eigenvalue weighted by molar-refractivity contribution is -0.306. The number of hydrogen-bond acceptors (Lipinski definition) is 12. The summed E-state index contributed by atoms with van der Waals surface area (Å²) in [6.07, 6.45) is -0.803. The van der Waals surface area contributed by atoms with Crippen LogP contribution in [0.3, 0.4) is 0 Å². The zero-order valence-corrected chi connectivity index (χ0v) is 15.7. The van der Waals surface area contributed by atoms with E-state index >= 15 is 0 Å². The van der Waals surface area contributed by atoms with Gasteiger partial charge in [-0.15, -0.1) is 4.79 Å². The van der Waals surface area contributed by atoms with E-state index in [-0.39, 0.29) is 25.2 Å². The maximum absolute atomic E-state index is 12.2. The van der Waals surface area contributed by atoms with Crippen molar-refractivity contribution in [1.29, 1.82) is 0 Å². The lowest BCUT2D eigenvalue weighted by atomic mass is 10.2. The van der Waals surface area contributed by atoms with E-state index in [0.29, 0.717) is 10.4 Å². The lowest BCUT2D eigenvalue weighted by Gasteiger charge is -2.15. The Morgan fingerprint density at radius 2 is 2.18 bits per heavy atom. The molecular formula is C13H17N7O7S. The lowest BCUT2D eigenvalue weighted by Crippen LogP contribution is -2.44. The maximum Gasteiger partial charge on any atom is 0.375 e. The first-order valence-electron chi connectivity index (χ1n) is 8.11. The predicted octanol–water partition coefficient (Wildman–Crippen LogP) is -2.61. The molecule has 2 atom stereocenters. The molecule has 1 N–H and O–H groups in total. The van der Waals surface area contributed by atoms with E-state index in [2.05, 4.69) is 20.8 Å². The van der Waals surface area contributed by atoms with Crippen molar-refractivity contribution in [3.8, 4) is 0 Å². The topological polar surface area (TPSA) is 158 Å². The summed E-state index contributed by atoms with van der Waals surface area (Å²) in [5.74, 6) is -2.70. The van der Waals surface area contributed by atoms with Crippen LogP contribution in [0, 0.1) is 0 Å². The Morgan fingerprint density at radius 1 is 1.39 bits per heavy atom. The number of thioether (sulfide) groups is 1. The second-order valence-electron chi connectivity index (χ2n) is 5.93. The van der Waals surface area contributed by atoms with Gasteiger partial charge in [-0.05, 0) is 15.7 Å². The Balaban J connectivity index is 1.45. The third-order valence-corrected chi connectivity index (χ3v) is 4.54. The van der Waals surface area contributed by atoms with Crippen molar-refractivity contribution in [2.75, 3.05) is 31.5 Å². The maximum atomic E-state index is 12.2. The van der Waals surface area contributed by atoms with Gasteiger partial charge >= 0.3 is 17.8 Å². The van der Waals surface area contributed by atoms with Crippen molar-refractivity contribution >= 4 is 35.5 Å². The Hall–Kier alpha value is -2.94. The Morgan fingerprint density at radius 3 is 2.86 bits per heavy atom. The number of rotatable bonds is 7. The summed E-state index contributed by atoms with van der Waals surface area (Å²) in [5.41, 5.74) is 0. The van der Waals surface area contributed by atoms with Gasteiger partial charge in [0.15, 0.2) is 0 Å². The number of tetrazole rings is 1. The van der Waals surface area contributed by atoms with Gasteiger partial charge in [0.1, 0.15) is 12.6 Å². The quantitative estimate of drug-likeness (QED) is 0.366. The smallest absolute Gasteiger partial charge is 0.375 e. The summed E-state index contributed by atoms with van der Waals surface area (Å²) >= 11 is 1.08. The van der Waals surface area contributed by atoms with Crippen molar-refractivity contribution in [3.05, 3.63) is 0 Å². The van der Waals surface area contributed by atoms with Gasteiger partial charge in [-0.1, -0.05) is 16.9 Å². The first-order valence-corrected chi connectivity index (χ1v) is 9.10. The highest BCUT2D eigenvalue weighted by Crippen LogP contribution is 2.18. The van der Waals surface area contributed by atoms with Crippen LogP contribution < -0.4 is 10.3 Å². The SMILES string of the molecule is CN(C)n1nnnc1SCC(=O)N[C@H]1CON(OC(=O)C2CCC(=O)O2)C1=O. The van der Waals surface area contributed by atoms with E-state index in [9.17, 15) is 19.2 Å². The number of ether oxygens (including phenoxy) is 1. The summed E-state index contributed by atoms with van der Waals surface area (Å²) in [5, 5.41) is 16.0. The second kappa shape index (κ2) is 8.39. The highest BCUT2D eigenvalue weighted by atomic mass is 32.2. The average molecular weight is 415 g/mol. The van der Waals surface area contributed by atoms with Crippen LogP contribution in [-0.4, -0.2) is 87.9 Å². The monoisotopic (exact) mass is 415 g/mol. The van der Waals surface area contributed by atoms with Gasteiger partial charge < -0.3 is 14.9 Å². The molecule has 0 spiro atoms. The Labute approximate surface area is 162 Å². The van der Waals surface area contributed by atoms with E-state index < -0.39 is 35.9 Å². The van der Waals surface area contributed by atoms with Gasteiger partial charge in [0.2, 0.25) is 17.2 Å². The number of cyclic esters (lactones) is 1. The molecule has 1 unspecified atom stereocenters. The Kier molecular flexibility index (Phi) is 5.93. The van der Waals surface area contributed by atoms with E-state index in [1.54, 1.807) is 19.1 Å². The molecule has 2 aliphatic rings. The van der Waals surface area contributed by atoms with Crippen LogP contribution in [0.2, 0.25) is 0 Å². The molecule has 14 nitrogen and oxygen atoms in total. The number of hydrogen-bond donors (Lipinski definition) is 1. The highest BCUT2D eigenvalue weighted by Gasteiger charge is 2.40. The normalized spacial score (nSPS) is 21.6. The minimum Gasteiger partial charge on any atom is -0.450 e. The third-order valence-electron chi connectivity index (χ3n) is 3.63. The molecule has 3 heterocycles. The number of carbonyl (C=O) groups is 4. The molecule has 0 saturated carbocycles. The van der Waals surface area contributed by atoms with Crippen molar-refractivity contribution in [3.63, 3.8) is 0 Å². The first kappa shape index (κ1) is 19.8. The molecule has 152 valence electrons. The standard InChI is InChI=1S/C13H17N7O7S/c1-18(2)19-13(15-16-17-19)28-6-9(21)14-7-5-25-20(11(7)23)27-12(24)8-3-4-10(22)26-8/h7-8H,3-6H2,1-2H3,(H,14,21)/t7-,8?/m0/s1. The van der Waals surface area contributed by atoms with Crippen molar-refractivity contribution in [1.82, 2.24) is 30.9 Å². The number of nitrogens with one attached hydrogen (secondary N) is 1. The molecule has 3 rings (SSSR count). The molecule has 2 fully saturated rings. The summed E-state index contributed by atoms with van der Waals surface area (Å²) in [6.45, 7) is -0.206. The molecule has 2 saturated heterocycles. The van der Waals surface area contributed by atoms with Crippen molar-refractivity contribution in [2.45, 2.75) is 30.1 Å². The van der Waals surface area contributed by atoms with Crippen LogP contribution in [-0.2, 0) is 33.6 Å². The zero-order chi connectivity index (χ0) is 20.3. The molecule has 28 heavy (non-hydrogen) atoms. The van der Waals surface area contributed by atoms with Crippen LogP contribution in [0.5, 0.6) is 0 Å². The summed E-state index contributed by atoms with van der Waals surface area (Å²) in [4.78, 5) is 58.3. The largest absolute Gasteiger partial charge is 0.450 e. The van der Waals surface area contributed by atoms with E-state index in [4.69, 9.17) is 14.4 Å².